The van der Waals surface area contributed by atoms with Crippen LogP contribution in [0.15, 0.2) is 24.3 Å². The van der Waals surface area contributed by atoms with Crippen LogP contribution in [0, 0.1) is 12.7 Å². The fourth-order valence-corrected chi connectivity index (χ4v) is 2.72. The smallest absolute Gasteiger partial charge is 0.142 e. The molecule has 1 unspecified atom stereocenters. The Morgan fingerprint density at radius 2 is 2.19 bits per heavy atom. The molecule has 0 saturated heterocycles. The highest BCUT2D eigenvalue weighted by molar-refractivity contribution is 6.31. The van der Waals surface area contributed by atoms with E-state index in [4.69, 9.17) is 11.6 Å². The second kappa shape index (κ2) is 7.05. The number of nitrogens with one attached hydrogen (secondary N) is 1. The molecule has 2 aromatic rings. The summed E-state index contributed by atoms with van der Waals surface area (Å²) in [4.78, 5) is 0. The van der Waals surface area contributed by atoms with Crippen molar-refractivity contribution in [2.24, 2.45) is 7.05 Å². The summed E-state index contributed by atoms with van der Waals surface area (Å²) in [5.41, 5.74) is 2.87. The van der Waals surface area contributed by atoms with E-state index < -0.39 is 0 Å². The molecule has 0 spiro atoms. The average molecular weight is 310 g/mol. The maximum atomic E-state index is 13.7. The summed E-state index contributed by atoms with van der Waals surface area (Å²) in [6.07, 6.45) is 1.73. The molecule has 1 heterocycles. The predicted octanol–water partition coefficient (Wildman–Crippen LogP) is 3.80. The molecule has 2 rings (SSSR count). The van der Waals surface area contributed by atoms with Gasteiger partial charge in [-0.05, 0) is 37.6 Å². The predicted molar refractivity (Wildman–Crippen MR) is 84.1 cm³/mol. The first-order chi connectivity index (χ1) is 10.0. The molecule has 1 aromatic carbocycles. The lowest BCUT2D eigenvalue weighted by Crippen LogP contribution is -2.25. The molecule has 1 aromatic heterocycles. The van der Waals surface area contributed by atoms with Crippen molar-refractivity contribution in [1.82, 2.24) is 15.1 Å². The molecular weight excluding hydrogens is 289 g/mol. The molecule has 0 saturated carbocycles. The van der Waals surface area contributed by atoms with Gasteiger partial charge in [-0.3, -0.25) is 4.68 Å². The lowest BCUT2D eigenvalue weighted by molar-refractivity contribution is 0.508. The summed E-state index contributed by atoms with van der Waals surface area (Å²) < 4.78 is 15.6. The number of halogens is 2. The summed E-state index contributed by atoms with van der Waals surface area (Å²) in [6, 6.07) is 6.99. The highest BCUT2D eigenvalue weighted by Crippen LogP contribution is 2.28. The van der Waals surface area contributed by atoms with Gasteiger partial charge >= 0.3 is 0 Å². The molecule has 0 bridgehead atoms. The minimum absolute atomic E-state index is 0.0250. The van der Waals surface area contributed by atoms with Gasteiger partial charge in [0.15, 0.2) is 0 Å². The molecule has 114 valence electrons. The Kier molecular flexibility index (Phi) is 5.37. The lowest BCUT2D eigenvalue weighted by Gasteiger charge is -2.20. The van der Waals surface area contributed by atoms with Crippen LogP contribution in [0.1, 0.15) is 36.3 Å². The summed E-state index contributed by atoms with van der Waals surface area (Å²) in [7, 11) is 1.92. The van der Waals surface area contributed by atoms with Crippen molar-refractivity contribution in [2.45, 2.75) is 32.7 Å². The van der Waals surface area contributed by atoms with Crippen LogP contribution in [-0.2, 0) is 13.5 Å². The standard InChI is InChI=1S/C16H21ClFN3/c1-4-8-19-15(10-12-9-11(2)20-21(12)3)13-6-5-7-14(18)16(13)17/h5-7,9,15,19H,4,8,10H2,1-3H3. The summed E-state index contributed by atoms with van der Waals surface area (Å²) in [6.45, 7) is 4.92. The number of aryl methyl sites for hydroxylation is 2. The van der Waals surface area contributed by atoms with Crippen molar-refractivity contribution in [3.63, 3.8) is 0 Å². The number of nitrogens with zero attached hydrogens (tertiary/aromatic N) is 2. The van der Waals surface area contributed by atoms with Gasteiger partial charge in [0.1, 0.15) is 5.82 Å². The maximum Gasteiger partial charge on any atom is 0.142 e. The van der Waals surface area contributed by atoms with Gasteiger partial charge in [0, 0.05) is 25.2 Å². The summed E-state index contributed by atoms with van der Waals surface area (Å²) >= 11 is 6.14. The Bertz CT molecular complexity index is 610. The molecule has 0 aliphatic carbocycles. The minimum Gasteiger partial charge on any atom is -0.310 e. The highest BCUT2D eigenvalue weighted by atomic mass is 35.5. The van der Waals surface area contributed by atoms with E-state index in [-0.39, 0.29) is 16.9 Å². The third-order valence-electron chi connectivity index (χ3n) is 3.51. The first kappa shape index (κ1) is 16.0. The Morgan fingerprint density at radius 3 is 2.81 bits per heavy atom. The number of rotatable bonds is 6. The highest BCUT2D eigenvalue weighted by Gasteiger charge is 2.18. The van der Waals surface area contributed by atoms with Gasteiger partial charge < -0.3 is 5.32 Å². The Morgan fingerprint density at radius 1 is 1.43 bits per heavy atom. The largest absolute Gasteiger partial charge is 0.310 e. The molecule has 5 heteroatoms. The molecule has 21 heavy (non-hydrogen) atoms. The molecule has 1 N–H and O–H groups in total. The van der Waals surface area contributed by atoms with E-state index in [1.807, 2.05) is 30.8 Å². The Balaban J connectivity index is 2.29. The van der Waals surface area contributed by atoms with Crippen LogP contribution in [0.25, 0.3) is 0 Å². The van der Waals surface area contributed by atoms with Crippen LogP contribution in [0.2, 0.25) is 5.02 Å². The van der Waals surface area contributed by atoms with E-state index >= 15 is 0 Å². The molecule has 3 nitrogen and oxygen atoms in total. The van der Waals surface area contributed by atoms with E-state index in [9.17, 15) is 4.39 Å². The van der Waals surface area contributed by atoms with Crippen molar-refractivity contribution >= 4 is 11.6 Å². The third kappa shape index (κ3) is 3.83. The van der Waals surface area contributed by atoms with Crippen molar-refractivity contribution in [2.75, 3.05) is 6.54 Å². The number of benzene rings is 1. The van der Waals surface area contributed by atoms with Crippen LogP contribution < -0.4 is 5.32 Å². The number of hydrogen-bond acceptors (Lipinski definition) is 2. The van der Waals surface area contributed by atoms with E-state index in [2.05, 4.69) is 17.3 Å². The van der Waals surface area contributed by atoms with Gasteiger partial charge in [0.05, 0.1) is 10.7 Å². The fraction of sp³-hybridized carbons (Fsp3) is 0.438. The second-order valence-electron chi connectivity index (χ2n) is 5.25. The molecule has 0 aliphatic rings. The lowest BCUT2D eigenvalue weighted by atomic mass is 10.0. The van der Waals surface area contributed by atoms with Crippen LogP contribution in [0.4, 0.5) is 4.39 Å². The van der Waals surface area contributed by atoms with E-state index in [0.717, 1.165) is 36.3 Å². The zero-order valence-corrected chi connectivity index (χ0v) is 13.4. The SMILES string of the molecule is CCCNC(Cc1cc(C)nn1C)c1cccc(F)c1Cl. The van der Waals surface area contributed by atoms with Gasteiger partial charge in [-0.25, -0.2) is 4.39 Å². The van der Waals surface area contributed by atoms with Crippen molar-refractivity contribution in [3.05, 3.63) is 52.1 Å². The van der Waals surface area contributed by atoms with Gasteiger partial charge in [-0.15, -0.1) is 0 Å². The quantitative estimate of drug-likeness (QED) is 0.879. The van der Waals surface area contributed by atoms with Crippen molar-refractivity contribution < 1.29 is 4.39 Å². The fourth-order valence-electron chi connectivity index (χ4n) is 2.46. The van der Waals surface area contributed by atoms with Crippen molar-refractivity contribution in [1.29, 1.82) is 0 Å². The monoisotopic (exact) mass is 309 g/mol. The second-order valence-corrected chi connectivity index (χ2v) is 5.63. The first-order valence-corrected chi connectivity index (χ1v) is 7.57. The molecule has 0 aliphatic heterocycles. The van der Waals surface area contributed by atoms with E-state index in [1.165, 1.54) is 6.07 Å². The number of aromatic nitrogens is 2. The topological polar surface area (TPSA) is 29.9 Å². The summed E-state index contributed by atoms with van der Waals surface area (Å²) in [5.74, 6) is -0.376. The zero-order chi connectivity index (χ0) is 15.4. The maximum absolute atomic E-state index is 13.7. The van der Waals surface area contributed by atoms with Gasteiger partial charge in [0.25, 0.3) is 0 Å². The molecule has 0 fully saturated rings. The molecule has 0 radical (unpaired) electrons. The molecule has 0 amide bonds. The average Bonchev–Trinajstić information content (AvgIpc) is 2.76. The van der Waals surface area contributed by atoms with E-state index in [0.29, 0.717) is 0 Å². The van der Waals surface area contributed by atoms with Crippen molar-refractivity contribution in [3.8, 4) is 0 Å². The molecule has 1 atom stereocenters. The van der Waals surface area contributed by atoms with E-state index in [1.54, 1.807) is 6.07 Å². The first-order valence-electron chi connectivity index (χ1n) is 7.19. The Labute approximate surface area is 130 Å². The Hall–Kier alpha value is -1.39. The molecular formula is C16H21ClFN3. The van der Waals surface area contributed by atoms with Gasteiger partial charge in [0.2, 0.25) is 0 Å². The third-order valence-corrected chi connectivity index (χ3v) is 3.91. The van der Waals surface area contributed by atoms with Crippen LogP contribution >= 0.6 is 11.6 Å². The summed E-state index contributed by atoms with van der Waals surface area (Å²) in [5, 5.41) is 8.01. The van der Waals surface area contributed by atoms with Gasteiger partial charge in [-0.1, -0.05) is 30.7 Å². The van der Waals surface area contributed by atoms with Gasteiger partial charge in [-0.2, -0.15) is 5.10 Å². The normalized spacial score (nSPS) is 12.6. The van der Waals surface area contributed by atoms with Crippen LogP contribution in [-0.4, -0.2) is 16.3 Å². The number of hydrogen-bond donors (Lipinski definition) is 1. The van der Waals surface area contributed by atoms with Crippen LogP contribution in [0.5, 0.6) is 0 Å². The minimum atomic E-state index is -0.376. The van der Waals surface area contributed by atoms with Crippen LogP contribution in [0.3, 0.4) is 0 Å². The zero-order valence-electron chi connectivity index (χ0n) is 12.7.